The Balaban J connectivity index is 1.50. The molecule has 2 aliphatic heterocycles. The Morgan fingerprint density at radius 2 is 1.84 bits per heavy atom. The van der Waals surface area contributed by atoms with Gasteiger partial charge in [0.1, 0.15) is 6.61 Å². The minimum Gasteiger partial charge on any atom is -0.493 e. The number of piperidine rings is 1. The van der Waals surface area contributed by atoms with Gasteiger partial charge in [-0.25, -0.2) is 0 Å². The number of nitrogens with zero attached hydrogens (tertiary/aromatic N) is 2. The second-order valence-corrected chi connectivity index (χ2v) is 9.10. The number of amides is 1. The van der Waals surface area contributed by atoms with E-state index in [4.69, 9.17) is 32.7 Å². The van der Waals surface area contributed by atoms with Gasteiger partial charge in [-0.15, -0.1) is 0 Å². The molecular formula is C24H28Cl2N2O3. The van der Waals surface area contributed by atoms with Crippen molar-refractivity contribution >= 4 is 34.8 Å². The third-order valence-corrected chi connectivity index (χ3v) is 7.10. The van der Waals surface area contributed by atoms with Gasteiger partial charge < -0.3 is 19.3 Å². The summed E-state index contributed by atoms with van der Waals surface area (Å²) in [7, 11) is 3.78. The van der Waals surface area contributed by atoms with Crippen molar-refractivity contribution in [3.63, 3.8) is 0 Å². The van der Waals surface area contributed by atoms with Crippen LogP contribution in [0.4, 0.5) is 5.69 Å². The fraction of sp³-hybridized carbons (Fsp3) is 0.458. The van der Waals surface area contributed by atoms with Crippen LogP contribution >= 0.6 is 23.2 Å². The lowest BCUT2D eigenvalue weighted by Gasteiger charge is -2.32. The molecule has 0 spiro atoms. The number of methoxy groups -OCH3 is 1. The third kappa shape index (κ3) is 4.79. The molecule has 2 aliphatic rings. The van der Waals surface area contributed by atoms with Crippen molar-refractivity contribution in [2.75, 3.05) is 38.8 Å². The fourth-order valence-corrected chi connectivity index (χ4v) is 4.77. The number of anilines is 1. The number of carbonyl (C=O) groups is 1. The zero-order valence-electron chi connectivity index (χ0n) is 17.9. The average molecular weight is 463 g/mol. The SMILES string of the molecule is COc1ccc(N2CCC(c3ccc(Cl)c(Cl)c3)C2=O)cc1OCC1CCCCN1C. The zero-order valence-corrected chi connectivity index (χ0v) is 19.5. The van der Waals surface area contributed by atoms with Gasteiger partial charge in [0.2, 0.25) is 5.91 Å². The second-order valence-electron chi connectivity index (χ2n) is 8.28. The summed E-state index contributed by atoms with van der Waals surface area (Å²) in [5.74, 6) is 1.18. The molecule has 2 aromatic carbocycles. The second kappa shape index (κ2) is 9.68. The van der Waals surface area contributed by atoms with Crippen molar-refractivity contribution in [1.82, 2.24) is 4.90 Å². The number of benzene rings is 2. The first-order chi connectivity index (χ1) is 15.0. The minimum absolute atomic E-state index is 0.0570. The zero-order chi connectivity index (χ0) is 22.0. The average Bonchev–Trinajstić information content (AvgIpc) is 3.16. The largest absolute Gasteiger partial charge is 0.493 e. The van der Waals surface area contributed by atoms with E-state index in [0.29, 0.717) is 40.7 Å². The predicted molar refractivity (Wildman–Crippen MR) is 125 cm³/mol. The summed E-state index contributed by atoms with van der Waals surface area (Å²) in [5, 5.41) is 0.964. The highest BCUT2D eigenvalue weighted by Crippen LogP contribution is 2.38. The van der Waals surface area contributed by atoms with Crippen molar-refractivity contribution in [2.24, 2.45) is 0 Å². The number of likely N-dealkylation sites (N-methyl/N-ethyl adjacent to an activating group) is 1. The molecule has 2 aromatic rings. The van der Waals surface area contributed by atoms with E-state index in [-0.39, 0.29) is 11.8 Å². The molecule has 2 atom stereocenters. The maximum Gasteiger partial charge on any atom is 0.234 e. The molecular weight excluding hydrogens is 435 g/mol. The van der Waals surface area contributed by atoms with Crippen LogP contribution in [0.15, 0.2) is 36.4 Å². The Morgan fingerprint density at radius 3 is 2.58 bits per heavy atom. The van der Waals surface area contributed by atoms with E-state index in [1.54, 1.807) is 19.2 Å². The summed E-state index contributed by atoms with van der Waals surface area (Å²) in [4.78, 5) is 17.4. The van der Waals surface area contributed by atoms with Gasteiger partial charge in [-0.1, -0.05) is 35.7 Å². The highest BCUT2D eigenvalue weighted by molar-refractivity contribution is 6.42. The van der Waals surface area contributed by atoms with Gasteiger partial charge in [-0.2, -0.15) is 0 Å². The Labute approximate surface area is 193 Å². The summed E-state index contributed by atoms with van der Waals surface area (Å²) in [5.41, 5.74) is 1.72. The van der Waals surface area contributed by atoms with E-state index in [1.807, 2.05) is 29.2 Å². The molecule has 7 heteroatoms. The van der Waals surface area contributed by atoms with Crippen LogP contribution in [0, 0.1) is 0 Å². The first kappa shape index (κ1) is 22.3. The van der Waals surface area contributed by atoms with Crippen LogP contribution in [-0.2, 0) is 4.79 Å². The molecule has 0 radical (unpaired) electrons. The van der Waals surface area contributed by atoms with E-state index >= 15 is 0 Å². The van der Waals surface area contributed by atoms with Gasteiger partial charge in [0.15, 0.2) is 11.5 Å². The van der Waals surface area contributed by atoms with Crippen molar-refractivity contribution in [2.45, 2.75) is 37.6 Å². The normalized spacial score (nSPS) is 22.1. The van der Waals surface area contributed by atoms with Gasteiger partial charge in [0.05, 0.1) is 23.1 Å². The first-order valence-corrected chi connectivity index (χ1v) is 11.5. The summed E-state index contributed by atoms with van der Waals surface area (Å²) >= 11 is 12.2. The molecule has 31 heavy (non-hydrogen) atoms. The van der Waals surface area contributed by atoms with Gasteiger partial charge in [-0.3, -0.25) is 4.79 Å². The van der Waals surface area contributed by atoms with Gasteiger partial charge >= 0.3 is 0 Å². The van der Waals surface area contributed by atoms with E-state index in [1.165, 1.54) is 12.8 Å². The number of rotatable bonds is 6. The minimum atomic E-state index is -0.225. The standard InChI is InChI=1S/C24H28Cl2N2O3/c1-27-11-4-3-5-18(27)15-31-23-14-17(7-9-22(23)30-2)28-12-10-19(24(28)29)16-6-8-20(25)21(26)13-16/h6-9,13-14,18-19H,3-5,10-12,15H2,1-2H3. The predicted octanol–water partition coefficient (Wildman–Crippen LogP) is 5.39. The number of halogens is 2. The number of hydrogen-bond acceptors (Lipinski definition) is 4. The van der Waals surface area contributed by atoms with Crippen LogP contribution in [0.3, 0.4) is 0 Å². The summed E-state index contributed by atoms with van der Waals surface area (Å²) in [6.07, 6.45) is 4.33. The molecule has 2 heterocycles. The Kier molecular flexibility index (Phi) is 6.95. The van der Waals surface area contributed by atoms with Crippen LogP contribution in [0.2, 0.25) is 10.0 Å². The molecule has 0 saturated carbocycles. The topological polar surface area (TPSA) is 42.0 Å². The fourth-order valence-electron chi connectivity index (χ4n) is 4.46. The van der Waals surface area contributed by atoms with E-state index in [9.17, 15) is 4.79 Å². The van der Waals surface area contributed by atoms with Crippen molar-refractivity contribution in [3.05, 3.63) is 52.0 Å². The highest BCUT2D eigenvalue weighted by Gasteiger charge is 2.34. The van der Waals surface area contributed by atoms with E-state index in [0.717, 1.165) is 30.6 Å². The summed E-state index contributed by atoms with van der Waals surface area (Å²) in [6, 6.07) is 11.5. The van der Waals surface area contributed by atoms with Crippen LogP contribution in [0.1, 0.15) is 37.2 Å². The molecule has 2 saturated heterocycles. The Bertz CT molecular complexity index is 952. The summed E-state index contributed by atoms with van der Waals surface area (Å²) < 4.78 is 11.7. The molecule has 5 nitrogen and oxygen atoms in total. The lowest BCUT2D eigenvalue weighted by atomic mass is 9.98. The van der Waals surface area contributed by atoms with Crippen LogP contribution in [0.5, 0.6) is 11.5 Å². The quantitative estimate of drug-likeness (QED) is 0.577. The molecule has 0 N–H and O–H groups in total. The highest BCUT2D eigenvalue weighted by atomic mass is 35.5. The van der Waals surface area contributed by atoms with Gasteiger partial charge in [0.25, 0.3) is 0 Å². The Morgan fingerprint density at radius 1 is 1.00 bits per heavy atom. The van der Waals surface area contributed by atoms with E-state index < -0.39 is 0 Å². The maximum atomic E-state index is 13.2. The Hall–Kier alpha value is -1.95. The molecule has 0 bridgehead atoms. The molecule has 2 unspecified atom stereocenters. The molecule has 0 aliphatic carbocycles. The monoisotopic (exact) mass is 462 g/mol. The summed E-state index contributed by atoms with van der Waals surface area (Å²) in [6.45, 7) is 2.35. The van der Waals surface area contributed by atoms with Crippen molar-refractivity contribution in [1.29, 1.82) is 0 Å². The number of likely N-dealkylation sites (tertiary alicyclic amines) is 1. The number of hydrogen-bond donors (Lipinski definition) is 0. The molecule has 2 fully saturated rings. The van der Waals surface area contributed by atoms with Gasteiger partial charge in [0, 0.05) is 24.3 Å². The first-order valence-electron chi connectivity index (χ1n) is 10.8. The number of carbonyl (C=O) groups excluding carboxylic acids is 1. The van der Waals surface area contributed by atoms with Crippen molar-refractivity contribution in [3.8, 4) is 11.5 Å². The molecule has 0 aromatic heterocycles. The smallest absolute Gasteiger partial charge is 0.234 e. The van der Waals surface area contributed by atoms with E-state index in [2.05, 4.69) is 11.9 Å². The molecule has 1 amide bonds. The maximum absolute atomic E-state index is 13.2. The number of ether oxygens (including phenoxy) is 2. The lowest BCUT2D eigenvalue weighted by Crippen LogP contribution is -2.40. The van der Waals surface area contributed by atoms with Crippen LogP contribution in [0.25, 0.3) is 0 Å². The van der Waals surface area contributed by atoms with Gasteiger partial charge in [-0.05, 0) is 62.7 Å². The lowest BCUT2D eigenvalue weighted by molar-refractivity contribution is -0.118. The molecule has 4 rings (SSSR count). The van der Waals surface area contributed by atoms with Crippen LogP contribution < -0.4 is 14.4 Å². The van der Waals surface area contributed by atoms with Crippen molar-refractivity contribution < 1.29 is 14.3 Å². The van der Waals surface area contributed by atoms with Crippen LogP contribution in [-0.4, -0.2) is 50.7 Å². The molecule has 166 valence electrons. The third-order valence-electron chi connectivity index (χ3n) is 6.36.